The average molecular weight is 196 g/mol. The van der Waals surface area contributed by atoms with E-state index in [4.69, 9.17) is 5.11 Å². The first-order valence-electron chi connectivity index (χ1n) is 4.80. The molecule has 0 aromatic rings. The first-order valence-corrected chi connectivity index (χ1v) is 4.80. The first kappa shape index (κ1) is 9.37. The zero-order valence-corrected chi connectivity index (χ0v) is 7.90. The number of aliphatic carboxylic acids is 1. The molecule has 3 rings (SSSR count). The van der Waals surface area contributed by atoms with Crippen molar-refractivity contribution in [1.82, 2.24) is 0 Å². The Hall–Kier alpha value is -1.19. The number of carboxylic acids is 1. The number of ketones is 2. The van der Waals surface area contributed by atoms with Gasteiger partial charge in [-0.3, -0.25) is 14.4 Å². The molecule has 0 amide bonds. The molecule has 3 saturated carbocycles. The highest BCUT2D eigenvalue weighted by Gasteiger charge is 2.53. The van der Waals surface area contributed by atoms with Crippen molar-refractivity contribution in [2.24, 2.45) is 23.7 Å². The second-order valence-corrected chi connectivity index (χ2v) is 4.28. The fourth-order valence-corrected chi connectivity index (χ4v) is 2.78. The van der Waals surface area contributed by atoms with Crippen molar-refractivity contribution in [2.45, 2.75) is 19.8 Å². The van der Waals surface area contributed by atoms with Crippen LogP contribution in [-0.2, 0) is 14.4 Å². The second-order valence-electron chi connectivity index (χ2n) is 4.28. The summed E-state index contributed by atoms with van der Waals surface area (Å²) in [5.74, 6) is -2.63. The number of Topliss-reactive ketones (excluding diaryl/α,β-unsaturated/α-hetero) is 2. The molecule has 14 heavy (non-hydrogen) atoms. The van der Waals surface area contributed by atoms with Crippen LogP contribution in [0.5, 0.6) is 0 Å². The molecule has 4 nitrogen and oxygen atoms in total. The van der Waals surface area contributed by atoms with Crippen LogP contribution in [-0.4, -0.2) is 22.6 Å². The number of carbonyl (C=O) groups excluding carboxylic acids is 2. The Morgan fingerprint density at radius 1 is 1.21 bits per heavy atom. The van der Waals surface area contributed by atoms with Crippen molar-refractivity contribution in [1.29, 1.82) is 0 Å². The lowest BCUT2D eigenvalue weighted by Gasteiger charge is -2.42. The lowest BCUT2D eigenvalue weighted by Crippen LogP contribution is -2.52. The Morgan fingerprint density at radius 3 is 2.29 bits per heavy atom. The number of hydrogen-bond acceptors (Lipinski definition) is 3. The minimum atomic E-state index is -0.937. The maximum absolute atomic E-state index is 11.4. The van der Waals surface area contributed by atoms with E-state index < -0.39 is 17.8 Å². The van der Waals surface area contributed by atoms with Gasteiger partial charge in [0.25, 0.3) is 0 Å². The van der Waals surface area contributed by atoms with E-state index in [2.05, 4.69) is 0 Å². The predicted octanol–water partition coefficient (Wildman–Crippen LogP) is 0.501. The molecule has 4 unspecified atom stereocenters. The minimum Gasteiger partial charge on any atom is -0.481 e. The zero-order chi connectivity index (χ0) is 10.5. The van der Waals surface area contributed by atoms with Crippen LogP contribution >= 0.6 is 0 Å². The highest BCUT2D eigenvalue weighted by atomic mass is 16.4. The third-order valence-electron chi connectivity index (χ3n) is 3.59. The van der Waals surface area contributed by atoms with Crippen LogP contribution in [0.4, 0.5) is 0 Å². The van der Waals surface area contributed by atoms with E-state index in [1.807, 2.05) is 0 Å². The van der Waals surface area contributed by atoms with Gasteiger partial charge in [-0.05, 0) is 5.92 Å². The highest BCUT2D eigenvalue weighted by molar-refractivity contribution is 6.00. The third-order valence-corrected chi connectivity index (χ3v) is 3.59. The Bertz CT molecular complexity index is 320. The quantitative estimate of drug-likeness (QED) is 0.663. The van der Waals surface area contributed by atoms with Gasteiger partial charge in [-0.25, -0.2) is 0 Å². The summed E-state index contributed by atoms with van der Waals surface area (Å²) in [5.41, 5.74) is 0. The monoisotopic (exact) mass is 196 g/mol. The Morgan fingerprint density at radius 2 is 1.71 bits per heavy atom. The summed E-state index contributed by atoms with van der Waals surface area (Å²) >= 11 is 0. The van der Waals surface area contributed by atoms with Crippen molar-refractivity contribution in [3.63, 3.8) is 0 Å². The Kier molecular flexibility index (Phi) is 1.94. The largest absolute Gasteiger partial charge is 0.481 e. The summed E-state index contributed by atoms with van der Waals surface area (Å²) in [4.78, 5) is 33.8. The molecule has 0 heterocycles. The molecule has 0 spiro atoms. The molecule has 76 valence electrons. The van der Waals surface area contributed by atoms with Gasteiger partial charge in [0.2, 0.25) is 0 Å². The fraction of sp³-hybridized carbons (Fsp3) is 0.700. The maximum Gasteiger partial charge on any atom is 0.307 e. The number of fused-ring (bicyclic) bond motifs is 3. The number of hydrogen-bond donors (Lipinski definition) is 1. The Labute approximate surface area is 81.3 Å². The smallest absolute Gasteiger partial charge is 0.307 e. The van der Waals surface area contributed by atoms with E-state index in [1.165, 1.54) is 0 Å². The fourth-order valence-electron chi connectivity index (χ4n) is 2.78. The minimum absolute atomic E-state index is 0.0416. The number of carboxylic acid groups (broad SMARTS) is 1. The second kappa shape index (κ2) is 2.90. The van der Waals surface area contributed by atoms with Crippen LogP contribution in [0.1, 0.15) is 19.8 Å². The van der Waals surface area contributed by atoms with Crippen molar-refractivity contribution in [3.8, 4) is 0 Å². The van der Waals surface area contributed by atoms with Gasteiger partial charge < -0.3 is 5.11 Å². The lowest BCUT2D eigenvalue weighted by atomic mass is 9.58. The molecule has 4 atom stereocenters. The van der Waals surface area contributed by atoms with Crippen LogP contribution in [0.25, 0.3) is 0 Å². The van der Waals surface area contributed by atoms with Gasteiger partial charge in [-0.2, -0.15) is 0 Å². The normalized spacial score (nSPS) is 41.5. The molecular weight excluding hydrogens is 184 g/mol. The molecule has 0 aromatic carbocycles. The van der Waals surface area contributed by atoms with Crippen molar-refractivity contribution >= 4 is 17.5 Å². The van der Waals surface area contributed by atoms with Crippen LogP contribution in [0.3, 0.4) is 0 Å². The molecular formula is C10H12O4. The molecule has 3 aliphatic carbocycles. The SMILES string of the molecule is CC1C2CC(=O)C(CC2=O)C1C(=O)O. The van der Waals surface area contributed by atoms with E-state index in [0.29, 0.717) is 0 Å². The predicted molar refractivity (Wildman–Crippen MR) is 46.5 cm³/mol. The van der Waals surface area contributed by atoms with E-state index in [1.54, 1.807) is 6.92 Å². The first-order chi connectivity index (χ1) is 6.52. The molecule has 1 N–H and O–H groups in total. The van der Waals surface area contributed by atoms with Crippen molar-refractivity contribution < 1.29 is 19.5 Å². The standard InChI is InChI=1S/C10H12O4/c1-4-5-2-8(12)6(3-7(5)11)9(4)10(13)14/h4-6,9H,2-3H2,1H3,(H,13,14). The lowest BCUT2D eigenvalue weighted by molar-refractivity contribution is -0.161. The van der Waals surface area contributed by atoms with Gasteiger partial charge in [0.15, 0.2) is 0 Å². The van der Waals surface area contributed by atoms with Gasteiger partial charge >= 0.3 is 5.97 Å². The molecule has 0 aromatic heterocycles. The van der Waals surface area contributed by atoms with Gasteiger partial charge in [0.1, 0.15) is 11.6 Å². The number of carbonyl (C=O) groups is 3. The van der Waals surface area contributed by atoms with E-state index in [0.717, 1.165) is 0 Å². The summed E-state index contributed by atoms with van der Waals surface area (Å²) in [6.45, 7) is 1.76. The molecule has 0 radical (unpaired) electrons. The van der Waals surface area contributed by atoms with Crippen LogP contribution in [0, 0.1) is 23.7 Å². The molecule has 0 saturated heterocycles. The van der Waals surface area contributed by atoms with E-state index in [9.17, 15) is 14.4 Å². The zero-order valence-electron chi connectivity index (χ0n) is 7.90. The molecule has 4 heteroatoms. The highest BCUT2D eigenvalue weighted by Crippen LogP contribution is 2.44. The Balaban J connectivity index is 2.35. The summed E-state index contributed by atoms with van der Waals surface area (Å²) in [7, 11) is 0. The average Bonchev–Trinajstić information content (AvgIpc) is 2.08. The maximum atomic E-state index is 11.4. The van der Waals surface area contributed by atoms with Gasteiger partial charge in [-0.15, -0.1) is 0 Å². The van der Waals surface area contributed by atoms with E-state index in [-0.39, 0.29) is 36.2 Å². The third kappa shape index (κ3) is 1.10. The molecule has 3 aliphatic rings. The molecule has 3 fully saturated rings. The summed E-state index contributed by atoms with van der Waals surface area (Å²) < 4.78 is 0. The summed E-state index contributed by atoms with van der Waals surface area (Å²) in [6.07, 6.45) is 0.402. The van der Waals surface area contributed by atoms with Crippen LogP contribution in [0.2, 0.25) is 0 Å². The van der Waals surface area contributed by atoms with E-state index >= 15 is 0 Å². The summed E-state index contributed by atoms with van der Waals surface area (Å²) in [5, 5.41) is 8.97. The van der Waals surface area contributed by atoms with Crippen molar-refractivity contribution in [2.75, 3.05) is 0 Å². The van der Waals surface area contributed by atoms with Gasteiger partial charge in [0.05, 0.1) is 5.92 Å². The summed E-state index contributed by atoms with van der Waals surface area (Å²) in [6, 6.07) is 0. The van der Waals surface area contributed by atoms with Gasteiger partial charge in [0, 0.05) is 24.7 Å². The van der Waals surface area contributed by atoms with Crippen LogP contribution in [0.15, 0.2) is 0 Å². The topological polar surface area (TPSA) is 71.4 Å². The van der Waals surface area contributed by atoms with Gasteiger partial charge in [-0.1, -0.05) is 6.92 Å². The molecule has 0 aliphatic heterocycles. The molecule has 2 bridgehead atoms. The van der Waals surface area contributed by atoms with Crippen LogP contribution < -0.4 is 0 Å². The van der Waals surface area contributed by atoms with Crippen molar-refractivity contribution in [3.05, 3.63) is 0 Å². The number of rotatable bonds is 1.